The highest BCUT2D eigenvalue weighted by Gasteiger charge is 2.32. The fraction of sp³-hybridized carbons (Fsp3) is 0.243. The van der Waals surface area contributed by atoms with Crippen LogP contribution in [0.3, 0.4) is 0 Å². The molecule has 3 nitrogen and oxygen atoms in total. The normalized spacial score (nSPS) is 13.6. The molecule has 196 valence electrons. The molecule has 0 saturated heterocycles. The van der Waals surface area contributed by atoms with E-state index in [0.29, 0.717) is 16.5 Å². The van der Waals surface area contributed by atoms with Gasteiger partial charge in [-0.2, -0.15) is 0 Å². The van der Waals surface area contributed by atoms with Gasteiger partial charge in [0.15, 0.2) is 0 Å². The average Bonchev–Trinajstić information content (AvgIpc) is 3.37. The zero-order valence-electron chi connectivity index (χ0n) is 24.0. The summed E-state index contributed by atoms with van der Waals surface area (Å²) in [6.07, 6.45) is 0. The van der Waals surface area contributed by atoms with Crippen molar-refractivity contribution in [2.24, 2.45) is 0 Å². The Morgan fingerprint density at radius 2 is 1.00 bits per heavy atom. The summed E-state index contributed by atoms with van der Waals surface area (Å²) in [7, 11) is 0. The van der Waals surface area contributed by atoms with Crippen molar-refractivity contribution in [2.45, 2.75) is 59.3 Å². The van der Waals surface area contributed by atoms with Crippen LogP contribution in [0.15, 0.2) is 70.3 Å². The van der Waals surface area contributed by atoms with Crippen molar-refractivity contribution < 1.29 is 0 Å². The molecule has 40 heavy (non-hydrogen) atoms. The van der Waals surface area contributed by atoms with E-state index in [2.05, 4.69) is 77.9 Å². The first-order valence-electron chi connectivity index (χ1n) is 14.1. The third kappa shape index (κ3) is 2.70. The van der Waals surface area contributed by atoms with E-state index in [0.717, 1.165) is 27.1 Å². The largest absolute Gasteiger partial charge is 0.268 e. The summed E-state index contributed by atoms with van der Waals surface area (Å²) in [6, 6.07) is 21.1. The van der Waals surface area contributed by atoms with Gasteiger partial charge in [0.05, 0.1) is 16.5 Å². The number of hydrogen-bond donors (Lipinski definition) is 0. The topological polar surface area (TPSA) is 39.1 Å². The highest BCUT2D eigenvalue weighted by atomic mass is 16.2. The van der Waals surface area contributed by atoms with Gasteiger partial charge in [-0.25, -0.2) is 4.57 Å². The first-order chi connectivity index (χ1) is 18.9. The van der Waals surface area contributed by atoms with Crippen LogP contribution in [0.5, 0.6) is 0 Å². The number of benzene rings is 6. The Labute approximate surface area is 232 Å². The molecule has 0 spiro atoms. The van der Waals surface area contributed by atoms with Gasteiger partial charge in [-0.05, 0) is 113 Å². The standard InChI is InChI=1S/C37H31NO2/c1-18-9-8-10-20(15-18)38-34(39)32-23-16-25(36(2,3)4)21-13-11-19-12-14-22-26(37(5,6)7)17-24(33(32)35(38)40)31-29(22)27(19)28(21)30(23)31/h8-17H,1-7H3. The lowest BCUT2D eigenvalue weighted by molar-refractivity contribution is 0.596. The van der Waals surface area contributed by atoms with Crippen LogP contribution >= 0.6 is 0 Å². The van der Waals surface area contributed by atoms with Crippen molar-refractivity contribution in [3.05, 3.63) is 98.1 Å². The molecular formula is C37H31NO2. The number of nitrogens with zero attached hydrogens (tertiary/aromatic N) is 1. The monoisotopic (exact) mass is 521 g/mol. The van der Waals surface area contributed by atoms with E-state index < -0.39 is 0 Å². The second kappa shape index (κ2) is 7.09. The Morgan fingerprint density at radius 1 is 0.525 bits per heavy atom. The Bertz CT molecular complexity index is 2290. The number of aryl methyl sites for hydroxylation is 1. The minimum Gasteiger partial charge on any atom is -0.268 e. The molecule has 0 N–H and O–H groups in total. The van der Waals surface area contributed by atoms with Gasteiger partial charge >= 0.3 is 0 Å². The fourth-order valence-electron chi connectivity index (χ4n) is 7.43. The summed E-state index contributed by atoms with van der Waals surface area (Å²) in [5.74, 6) is 0. The van der Waals surface area contributed by atoms with Crippen LogP contribution in [-0.2, 0) is 10.8 Å². The lowest BCUT2D eigenvalue weighted by Crippen LogP contribution is -2.23. The lowest BCUT2D eigenvalue weighted by atomic mass is 9.80. The number of hydrogen-bond acceptors (Lipinski definition) is 2. The van der Waals surface area contributed by atoms with E-state index in [1.807, 2.05) is 31.2 Å². The highest BCUT2D eigenvalue weighted by molar-refractivity contribution is 6.48. The van der Waals surface area contributed by atoms with E-state index >= 15 is 0 Å². The molecule has 0 aliphatic heterocycles. The molecule has 0 amide bonds. The van der Waals surface area contributed by atoms with E-state index in [-0.39, 0.29) is 21.9 Å². The quantitative estimate of drug-likeness (QED) is 0.203. The van der Waals surface area contributed by atoms with Crippen molar-refractivity contribution in [1.29, 1.82) is 0 Å². The summed E-state index contributed by atoms with van der Waals surface area (Å²) in [6.45, 7) is 15.4. The van der Waals surface area contributed by atoms with Crippen LogP contribution in [-0.4, -0.2) is 4.57 Å². The summed E-state index contributed by atoms with van der Waals surface area (Å²) in [4.78, 5) is 28.8. The molecule has 0 fully saturated rings. The second-order valence-electron chi connectivity index (χ2n) is 13.8. The Balaban J connectivity index is 1.77. The molecule has 0 saturated carbocycles. The summed E-state index contributed by atoms with van der Waals surface area (Å²) >= 11 is 0. The van der Waals surface area contributed by atoms with Crippen LogP contribution in [0.2, 0.25) is 0 Å². The molecule has 0 aliphatic carbocycles. The number of rotatable bonds is 1. The molecule has 1 heterocycles. The van der Waals surface area contributed by atoms with Gasteiger partial charge in [0.1, 0.15) is 0 Å². The third-order valence-corrected chi connectivity index (χ3v) is 9.13. The van der Waals surface area contributed by atoms with Crippen LogP contribution in [0.1, 0.15) is 58.2 Å². The van der Waals surface area contributed by atoms with Crippen LogP contribution in [0, 0.1) is 6.92 Å². The number of fused-ring (bicyclic) bond motifs is 3. The first-order valence-corrected chi connectivity index (χ1v) is 14.1. The highest BCUT2D eigenvalue weighted by Crippen LogP contribution is 2.53. The summed E-state index contributed by atoms with van der Waals surface area (Å²) < 4.78 is 1.40. The van der Waals surface area contributed by atoms with Crippen molar-refractivity contribution in [1.82, 2.24) is 4.57 Å². The minimum atomic E-state index is -0.229. The van der Waals surface area contributed by atoms with Gasteiger partial charge in [0.25, 0.3) is 11.1 Å². The van der Waals surface area contributed by atoms with Crippen LogP contribution in [0.4, 0.5) is 0 Å². The zero-order chi connectivity index (χ0) is 28.0. The molecule has 0 atom stereocenters. The van der Waals surface area contributed by atoms with E-state index in [9.17, 15) is 9.59 Å². The van der Waals surface area contributed by atoms with Crippen molar-refractivity contribution in [3.63, 3.8) is 0 Å². The molecular weight excluding hydrogens is 490 g/mol. The van der Waals surface area contributed by atoms with Gasteiger partial charge in [-0.15, -0.1) is 0 Å². The Kier molecular flexibility index (Phi) is 4.19. The Hall–Kier alpha value is -4.24. The zero-order valence-corrected chi connectivity index (χ0v) is 24.0. The van der Waals surface area contributed by atoms with Crippen molar-refractivity contribution in [3.8, 4) is 5.69 Å². The summed E-state index contributed by atoms with van der Waals surface area (Å²) in [5, 5.41) is 12.6. The SMILES string of the molecule is Cc1cccc(-n2c(=O)c3c4cc(C(C)(C)C)c5ccc6ccc7c(C(C)(C)C)cc(c3c2=O)c2c7c6c5c42)c1. The van der Waals surface area contributed by atoms with Gasteiger partial charge < -0.3 is 0 Å². The molecule has 8 aromatic rings. The smallest absolute Gasteiger partial charge is 0.266 e. The van der Waals surface area contributed by atoms with E-state index in [4.69, 9.17) is 0 Å². The molecule has 0 aliphatic rings. The van der Waals surface area contributed by atoms with Gasteiger partial charge in [0.2, 0.25) is 0 Å². The summed E-state index contributed by atoms with van der Waals surface area (Å²) in [5.41, 5.74) is 3.29. The van der Waals surface area contributed by atoms with Crippen LogP contribution < -0.4 is 11.1 Å². The van der Waals surface area contributed by atoms with Gasteiger partial charge in [-0.3, -0.25) is 9.59 Å². The first kappa shape index (κ1) is 23.6. The third-order valence-electron chi connectivity index (χ3n) is 9.13. The van der Waals surface area contributed by atoms with Gasteiger partial charge in [0, 0.05) is 0 Å². The fourth-order valence-corrected chi connectivity index (χ4v) is 7.43. The molecule has 0 radical (unpaired) electrons. The maximum Gasteiger partial charge on any atom is 0.266 e. The maximum atomic E-state index is 14.4. The van der Waals surface area contributed by atoms with Crippen molar-refractivity contribution in [2.75, 3.05) is 0 Å². The van der Waals surface area contributed by atoms with E-state index in [1.165, 1.54) is 48.0 Å². The molecule has 0 bridgehead atoms. The number of aromatic nitrogens is 1. The predicted molar refractivity (Wildman–Crippen MR) is 170 cm³/mol. The van der Waals surface area contributed by atoms with Crippen molar-refractivity contribution >= 4 is 64.6 Å². The molecule has 3 heteroatoms. The maximum absolute atomic E-state index is 14.4. The molecule has 1 aromatic heterocycles. The molecule has 8 rings (SSSR count). The van der Waals surface area contributed by atoms with Crippen LogP contribution in [0.25, 0.3) is 70.3 Å². The molecule has 7 aromatic carbocycles. The molecule has 0 unspecified atom stereocenters. The van der Waals surface area contributed by atoms with E-state index in [1.54, 1.807) is 0 Å². The predicted octanol–water partition coefficient (Wildman–Crippen LogP) is 8.77. The van der Waals surface area contributed by atoms with Gasteiger partial charge in [-0.1, -0.05) is 77.9 Å². The second-order valence-corrected chi connectivity index (χ2v) is 13.8. The minimum absolute atomic E-state index is 0.148. The lowest BCUT2D eigenvalue weighted by Gasteiger charge is -2.23. The Morgan fingerprint density at radius 3 is 1.45 bits per heavy atom. The average molecular weight is 522 g/mol.